The van der Waals surface area contributed by atoms with E-state index in [1.54, 1.807) is 36.4 Å². The van der Waals surface area contributed by atoms with E-state index in [0.717, 1.165) is 0 Å². The lowest BCUT2D eigenvalue weighted by Gasteiger charge is -2.22. The molecule has 1 fully saturated rings. The molecule has 0 unspecified atom stereocenters. The van der Waals surface area contributed by atoms with Gasteiger partial charge in [0.25, 0.3) is 5.91 Å². The first-order chi connectivity index (χ1) is 14.4. The summed E-state index contributed by atoms with van der Waals surface area (Å²) in [5.41, 5.74) is 2.89. The normalized spacial score (nSPS) is 15.1. The van der Waals surface area contributed by atoms with Crippen LogP contribution >= 0.6 is 0 Å². The Bertz CT molecular complexity index is 884. The van der Waals surface area contributed by atoms with Crippen LogP contribution in [0.2, 0.25) is 0 Å². The number of esters is 1. The lowest BCUT2D eigenvalue weighted by atomic mass is 9.84. The van der Waals surface area contributed by atoms with E-state index in [4.69, 9.17) is 4.74 Å². The number of carbonyl (C=O) groups excluding carboxylic acids is 3. The van der Waals surface area contributed by atoms with Crippen molar-refractivity contribution in [3.05, 3.63) is 59.7 Å². The Balaban J connectivity index is 1.52. The number of amides is 2. The summed E-state index contributed by atoms with van der Waals surface area (Å²) < 4.78 is 5.32. The fourth-order valence-corrected chi connectivity index (χ4v) is 3.69. The third-order valence-corrected chi connectivity index (χ3v) is 5.35. The molecule has 1 aliphatic carbocycles. The Kier molecular flexibility index (Phi) is 7.22. The third-order valence-electron chi connectivity index (χ3n) is 5.35. The molecule has 2 amide bonds. The van der Waals surface area contributed by atoms with Crippen LogP contribution in [-0.4, -0.2) is 23.9 Å². The summed E-state index contributed by atoms with van der Waals surface area (Å²) >= 11 is 0. The van der Waals surface area contributed by atoms with Gasteiger partial charge in [-0.1, -0.05) is 31.4 Å². The van der Waals surface area contributed by atoms with Gasteiger partial charge in [-0.25, -0.2) is 4.79 Å². The molecule has 6 heteroatoms. The lowest BCUT2D eigenvalue weighted by molar-refractivity contribution is -0.123. The van der Waals surface area contributed by atoms with E-state index in [1.807, 2.05) is 12.1 Å². The quantitative estimate of drug-likeness (QED) is 0.668. The number of ether oxygens (including phenoxy) is 1. The van der Waals surface area contributed by atoms with Gasteiger partial charge in [0, 0.05) is 18.3 Å². The highest BCUT2D eigenvalue weighted by Crippen LogP contribution is 2.32. The van der Waals surface area contributed by atoms with Gasteiger partial charge in [0.05, 0.1) is 5.56 Å². The van der Waals surface area contributed by atoms with Crippen molar-refractivity contribution in [2.45, 2.75) is 58.0 Å². The maximum absolute atomic E-state index is 12.4. The molecule has 158 valence electrons. The number of benzene rings is 2. The molecule has 1 aliphatic rings. The first-order valence-corrected chi connectivity index (χ1v) is 10.4. The number of carbonyl (C=O) groups is 3. The van der Waals surface area contributed by atoms with Crippen molar-refractivity contribution in [1.29, 1.82) is 0 Å². The molecule has 0 aromatic heterocycles. The van der Waals surface area contributed by atoms with Gasteiger partial charge in [0.15, 0.2) is 6.10 Å². The zero-order valence-electron chi connectivity index (χ0n) is 17.4. The molecule has 1 saturated carbocycles. The zero-order valence-corrected chi connectivity index (χ0v) is 17.4. The summed E-state index contributed by atoms with van der Waals surface area (Å²) in [5.74, 6) is -0.534. The van der Waals surface area contributed by atoms with Gasteiger partial charge in [0.1, 0.15) is 0 Å². The summed E-state index contributed by atoms with van der Waals surface area (Å²) in [6.45, 7) is 2.96. The van der Waals surface area contributed by atoms with Gasteiger partial charge in [-0.3, -0.25) is 9.59 Å². The minimum Gasteiger partial charge on any atom is -0.449 e. The minimum absolute atomic E-state index is 0.168. The zero-order chi connectivity index (χ0) is 21.5. The first-order valence-electron chi connectivity index (χ1n) is 10.4. The summed E-state index contributed by atoms with van der Waals surface area (Å²) in [6, 6.07) is 14.2. The SMILES string of the molecule is CC(=O)Nc1ccc(NC(=O)[C@@H](C)OC(=O)c2ccc(C3CCCCC3)cc2)cc1. The average Bonchev–Trinajstić information content (AvgIpc) is 2.75. The van der Waals surface area contributed by atoms with E-state index < -0.39 is 18.0 Å². The van der Waals surface area contributed by atoms with Crippen molar-refractivity contribution in [2.24, 2.45) is 0 Å². The molecule has 2 N–H and O–H groups in total. The minimum atomic E-state index is -0.939. The van der Waals surface area contributed by atoms with Crippen LogP contribution < -0.4 is 10.6 Å². The molecule has 6 nitrogen and oxygen atoms in total. The Morgan fingerprint density at radius 2 is 1.43 bits per heavy atom. The summed E-state index contributed by atoms with van der Waals surface area (Å²) in [4.78, 5) is 35.8. The summed E-state index contributed by atoms with van der Waals surface area (Å²) in [7, 11) is 0. The fraction of sp³-hybridized carbons (Fsp3) is 0.375. The number of anilines is 2. The summed E-state index contributed by atoms with van der Waals surface area (Å²) in [6.07, 6.45) is 5.29. The van der Waals surface area contributed by atoms with E-state index in [0.29, 0.717) is 22.9 Å². The largest absolute Gasteiger partial charge is 0.449 e. The van der Waals surface area contributed by atoms with Crippen molar-refractivity contribution >= 4 is 29.2 Å². The summed E-state index contributed by atoms with van der Waals surface area (Å²) in [5, 5.41) is 5.36. The van der Waals surface area contributed by atoms with Crippen molar-refractivity contribution in [2.75, 3.05) is 10.6 Å². The van der Waals surface area contributed by atoms with E-state index in [-0.39, 0.29) is 5.91 Å². The number of hydrogen-bond donors (Lipinski definition) is 2. The lowest BCUT2D eigenvalue weighted by Crippen LogP contribution is -2.30. The van der Waals surface area contributed by atoms with Crippen LogP contribution in [0.15, 0.2) is 48.5 Å². The molecule has 0 radical (unpaired) electrons. The average molecular weight is 408 g/mol. The van der Waals surface area contributed by atoms with Gasteiger partial charge >= 0.3 is 5.97 Å². The second-order valence-corrected chi connectivity index (χ2v) is 7.75. The molecule has 2 aromatic carbocycles. The van der Waals surface area contributed by atoms with Crippen molar-refractivity contribution in [3.8, 4) is 0 Å². The number of nitrogens with one attached hydrogen (secondary N) is 2. The van der Waals surface area contributed by atoms with Crippen LogP contribution in [0.25, 0.3) is 0 Å². The van der Waals surface area contributed by atoms with Crippen molar-refractivity contribution in [1.82, 2.24) is 0 Å². The van der Waals surface area contributed by atoms with E-state index >= 15 is 0 Å². The fourth-order valence-electron chi connectivity index (χ4n) is 3.69. The first kappa shape index (κ1) is 21.6. The molecule has 0 aliphatic heterocycles. The molecule has 2 aromatic rings. The highest BCUT2D eigenvalue weighted by molar-refractivity contribution is 5.97. The Labute approximate surface area is 177 Å². The van der Waals surface area contributed by atoms with Gasteiger partial charge in [0.2, 0.25) is 5.91 Å². The van der Waals surface area contributed by atoms with Crippen LogP contribution in [0.3, 0.4) is 0 Å². The Hall–Kier alpha value is -3.15. The van der Waals surface area contributed by atoms with Gasteiger partial charge < -0.3 is 15.4 Å². The maximum Gasteiger partial charge on any atom is 0.338 e. The van der Waals surface area contributed by atoms with E-state index in [9.17, 15) is 14.4 Å². The Morgan fingerprint density at radius 3 is 2.00 bits per heavy atom. The molecule has 30 heavy (non-hydrogen) atoms. The second-order valence-electron chi connectivity index (χ2n) is 7.75. The van der Waals surface area contributed by atoms with Crippen LogP contribution in [0.1, 0.15) is 67.8 Å². The van der Waals surface area contributed by atoms with Crippen LogP contribution in [0.4, 0.5) is 11.4 Å². The Morgan fingerprint density at radius 1 is 0.867 bits per heavy atom. The monoisotopic (exact) mass is 408 g/mol. The second kappa shape index (κ2) is 10.1. The number of hydrogen-bond acceptors (Lipinski definition) is 4. The van der Waals surface area contributed by atoms with Crippen LogP contribution in [0, 0.1) is 0 Å². The molecule has 3 rings (SSSR count). The van der Waals surface area contributed by atoms with E-state index in [1.165, 1.54) is 51.5 Å². The molecular weight excluding hydrogens is 380 g/mol. The van der Waals surface area contributed by atoms with Crippen molar-refractivity contribution < 1.29 is 19.1 Å². The van der Waals surface area contributed by atoms with E-state index in [2.05, 4.69) is 10.6 Å². The highest BCUT2D eigenvalue weighted by Gasteiger charge is 2.20. The smallest absolute Gasteiger partial charge is 0.338 e. The highest BCUT2D eigenvalue weighted by atomic mass is 16.5. The molecule has 0 bridgehead atoms. The van der Waals surface area contributed by atoms with Gasteiger partial charge in [-0.15, -0.1) is 0 Å². The molecule has 1 atom stereocenters. The van der Waals surface area contributed by atoms with Crippen molar-refractivity contribution in [3.63, 3.8) is 0 Å². The standard InChI is InChI=1S/C24H28N2O4/c1-16(23(28)26-22-14-12-21(13-15-22)25-17(2)27)30-24(29)20-10-8-19(9-11-20)18-6-4-3-5-7-18/h8-16,18H,3-7H2,1-2H3,(H,25,27)(H,26,28)/t16-/m1/s1. The third kappa shape index (κ3) is 5.92. The van der Waals surface area contributed by atoms with Crippen LogP contribution in [-0.2, 0) is 14.3 Å². The van der Waals surface area contributed by atoms with Gasteiger partial charge in [-0.05, 0) is 67.6 Å². The number of rotatable bonds is 6. The van der Waals surface area contributed by atoms with Crippen LogP contribution in [0.5, 0.6) is 0 Å². The molecule has 0 saturated heterocycles. The maximum atomic E-state index is 12.4. The molecular formula is C24H28N2O4. The van der Waals surface area contributed by atoms with Gasteiger partial charge in [-0.2, -0.15) is 0 Å². The predicted octanol–water partition coefficient (Wildman–Crippen LogP) is 4.88. The molecule has 0 spiro atoms. The topological polar surface area (TPSA) is 84.5 Å². The predicted molar refractivity (Wildman–Crippen MR) is 117 cm³/mol. The molecule has 0 heterocycles.